The van der Waals surface area contributed by atoms with Gasteiger partial charge >= 0.3 is 0 Å². The third-order valence-electron chi connectivity index (χ3n) is 2.63. The number of rotatable bonds is 8. The van der Waals surface area contributed by atoms with E-state index in [1.54, 1.807) is 6.92 Å². The van der Waals surface area contributed by atoms with Crippen molar-refractivity contribution < 1.29 is 13.5 Å². The topological polar surface area (TPSA) is 66.4 Å². The van der Waals surface area contributed by atoms with Gasteiger partial charge < -0.3 is 5.11 Å². The molecule has 6 heteroatoms. The summed E-state index contributed by atoms with van der Waals surface area (Å²) in [6, 6.07) is 9.48. The first-order chi connectivity index (χ1) is 8.85. The van der Waals surface area contributed by atoms with E-state index < -0.39 is 15.6 Å². The van der Waals surface area contributed by atoms with Gasteiger partial charge in [-0.2, -0.15) is 11.8 Å². The molecule has 0 bridgehead atoms. The fourth-order valence-electron chi connectivity index (χ4n) is 1.60. The Balaban J connectivity index is 2.44. The van der Waals surface area contributed by atoms with E-state index in [1.807, 2.05) is 36.6 Å². The average Bonchev–Trinajstić information content (AvgIpc) is 2.36. The number of nitrogens with one attached hydrogen (secondary N) is 1. The summed E-state index contributed by atoms with van der Waals surface area (Å²) in [7, 11) is -3.35. The summed E-state index contributed by atoms with van der Waals surface area (Å²) in [6.07, 6.45) is 2.35. The van der Waals surface area contributed by atoms with Crippen molar-refractivity contribution in [3.8, 4) is 0 Å². The van der Waals surface area contributed by atoms with Crippen molar-refractivity contribution in [3.05, 3.63) is 35.9 Å². The molecule has 1 aromatic rings. The van der Waals surface area contributed by atoms with Crippen LogP contribution in [-0.4, -0.2) is 43.4 Å². The van der Waals surface area contributed by atoms with Gasteiger partial charge in [0.2, 0.25) is 10.0 Å². The van der Waals surface area contributed by atoms with Crippen molar-refractivity contribution >= 4 is 21.8 Å². The van der Waals surface area contributed by atoms with Gasteiger partial charge in [0.05, 0.1) is 11.4 Å². The first-order valence-corrected chi connectivity index (χ1v) is 9.12. The zero-order chi connectivity index (χ0) is 14.4. The van der Waals surface area contributed by atoms with Gasteiger partial charge in [-0.3, -0.25) is 0 Å². The van der Waals surface area contributed by atoms with E-state index in [-0.39, 0.29) is 12.3 Å². The Morgan fingerprint density at radius 3 is 2.53 bits per heavy atom. The molecule has 0 radical (unpaired) electrons. The highest BCUT2D eigenvalue weighted by molar-refractivity contribution is 7.98. The number of thioether (sulfide) groups is 1. The van der Waals surface area contributed by atoms with Crippen molar-refractivity contribution in [1.29, 1.82) is 0 Å². The monoisotopic (exact) mass is 303 g/mol. The highest BCUT2D eigenvalue weighted by atomic mass is 32.2. The normalized spacial score (nSPS) is 15.1. The fourth-order valence-corrected chi connectivity index (χ4v) is 3.50. The lowest BCUT2D eigenvalue weighted by Crippen LogP contribution is -2.43. The molecule has 0 heterocycles. The number of hydrogen-bond acceptors (Lipinski definition) is 4. The molecular weight excluding hydrogens is 282 g/mol. The molecule has 1 rings (SSSR count). The largest absolute Gasteiger partial charge is 0.388 e. The predicted octanol–water partition coefficient (Wildman–Crippen LogP) is 1.26. The molecule has 0 amide bonds. The number of aliphatic hydroxyl groups is 1. The molecule has 0 saturated carbocycles. The first-order valence-electron chi connectivity index (χ1n) is 6.07. The van der Waals surface area contributed by atoms with Crippen molar-refractivity contribution in [3.63, 3.8) is 0 Å². The van der Waals surface area contributed by atoms with Crippen LogP contribution >= 0.6 is 11.8 Å². The molecule has 4 nitrogen and oxygen atoms in total. The standard InChI is InChI=1S/C13H21NO3S2/c1-13(15,11-18-2)10-14-19(16,17)9-8-12-6-4-3-5-7-12/h3-7,14-15H,8-11H2,1-2H3. The summed E-state index contributed by atoms with van der Waals surface area (Å²) in [5, 5.41) is 9.92. The third kappa shape index (κ3) is 6.96. The lowest BCUT2D eigenvalue weighted by Gasteiger charge is -2.22. The van der Waals surface area contributed by atoms with Crippen LogP contribution in [0.15, 0.2) is 30.3 Å². The SMILES string of the molecule is CSCC(C)(O)CNS(=O)(=O)CCc1ccccc1. The van der Waals surface area contributed by atoms with Gasteiger partial charge in [-0.15, -0.1) is 0 Å². The summed E-state index contributed by atoms with van der Waals surface area (Å²) in [6.45, 7) is 1.67. The zero-order valence-corrected chi connectivity index (χ0v) is 12.9. The Labute approximate surface area is 119 Å². The molecule has 1 aromatic carbocycles. The average molecular weight is 303 g/mol. The van der Waals surface area contributed by atoms with Gasteiger partial charge in [-0.05, 0) is 25.2 Å². The van der Waals surface area contributed by atoms with Gasteiger partial charge in [-0.1, -0.05) is 30.3 Å². The van der Waals surface area contributed by atoms with Gasteiger partial charge in [0.15, 0.2) is 0 Å². The molecule has 0 aliphatic rings. The summed E-state index contributed by atoms with van der Waals surface area (Å²) < 4.78 is 26.1. The van der Waals surface area contributed by atoms with Crippen LogP contribution in [0.4, 0.5) is 0 Å². The lowest BCUT2D eigenvalue weighted by molar-refractivity contribution is 0.0909. The molecule has 19 heavy (non-hydrogen) atoms. The third-order valence-corrected chi connectivity index (χ3v) is 4.87. The van der Waals surface area contributed by atoms with Crippen LogP contribution in [0.2, 0.25) is 0 Å². The summed E-state index contributed by atoms with van der Waals surface area (Å²) in [5.74, 6) is 0.528. The Morgan fingerprint density at radius 1 is 1.32 bits per heavy atom. The minimum absolute atomic E-state index is 0.0341. The molecule has 0 spiro atoms. The van der Waals surface area contributed by atoms with Crippen LogP contribution in [0, 0.1) is 0 Å². The maximum absolute atomic E-state index is 11.8. The Morgan fingerprint density at radius 2 is 1.95 bits per heavy atom. The van der Waals surface area contributed by atoms with Crippen molar-refractivity contribution in [2.45, 2.75) is 18.9 Å². The maximum atomic E-state index is 11.8. The number of hydrogen-bond donors (Lipinski definition) is 2. The van der Waals surface area contributed by atoms with Crippen molar-refractivity contribution in [2.24, 2.45) is 0 Å². The van der Waals surface area contributed by atoms with Crippen LogP contribution in [0.25, 0.3) is 0 Å². The van der Waals surface area contributed by atoms with Crippen LogP contribution in [-0.2, 0) is 16.4 Å². The number of aryl methyl sites for hydroxylation is 1. The smallest absolute Gasteiger partial charge is 0.212 e. The lowest BCUT2D eigenvalue weighted by atomic mass is 10.1. The molecule has 0 fully saturated rings. The Bertz CT molecular complexity index is 472. The molecule has 1 atom stereocenters. The summed E-state index contributed by atoms with van der Waals surface area (Å²) in [4.78, 5) is 0. The molecule has 0 aliphatic heterocycles. The first kappa shape index (κ1) is 16.5. The molecule has 0 aliphatic carbocycles. The molecule has 2 N–H and O–H groups in total. The van der Waals surface area contributed by atoms with E-state index in [2.05, 4.69) is 4.72 Å². The second-order valence-electron chi connectivity index (χ2n) is 4.81. The van der Waals surface area contributed by atoms with E-state index in [4.69, 9.17) is 0 Å². The van der Waals surface area contributed by atoms with E-state index in [0.29, 0.717) is 12.2 Å². The second kappa shape index (κ2) is 7.28. The summed E-state index contributed by atoms with van der Waals surface area (Å²) >= 11 is 1.48. The van der Waals surface area contributed by atoms with Gasteiger partial charge in [0.25, 0.3) is 0 Å². The molecular formula is C13H21NO3S2. The maximum Gasteiger partial charge on any atom is 0.212 e. The highest BCUT2D eigenvalue weighted by Gasteiger charge is 2.22. The number of sulfonamides is 1. The molecule has 0 aromatic heterocycles. The van der Waals surface area contributed by atoms with Gasteiger partial charge in [-0.25, -0.2) is 13.1 Å². The van der Waals surface area contributed by atoms with Crippen molar-refractivity contribution in [2.75, 3.05) is 24.3 Å². The van der Waals surface area contributed by atoms with E-state index >= 15 is 0 Å². The molecule has 108 valence electrons. The fraction of sp³-hybridized carbons (Fsp3) is 0.538. The number of benzene rings is 1. The highest BCUT2D eigenvalue weighted by Crippen LogP contribution is 2.10. The predicted molar refractivity (Wildman–Crippen MR) is 80.9 cm³/mol. The van der Waals surface area contributed by atoms with E-state index in [0.717, 1.165) is 5.56 Å². The quantitative estimate of drug-likeness (QED) is 0.759. The Hall–Kier alpha value is -0.560. The van der Waals surface area contributed by atoms with Crippen LogP contribution < -0.4 is 4.72 Å². The van der Waals surface area contributed by atoms with Crippen LogP contribution in [0.1, 0.15) is 12.5 Å². The van der Waals surface area contributed by atoms with Crippen LogP contribution in [0.3, 0.4) is 0 Å². The minimum Gasteiger partial charge on any atom is -0.388 e. The van der Waals surface area contributed by atoms with E-state index in [1.165, 1.54) is 11.8 Å². The summed E-state index contributed by atoms with van der Waals surface area (Å²) in [5.41, 5.74) is -0.0251. The van der Waals surface area contributed by atoms with Crippen molar-refractivity contribution in [1.82, 2.24) is 4.72 Å². The zero-order valence-electron chi connectivity index (χ0n) is 11.3. The second-order valence-corrected chi connectivity index (χ2v) is 7.60. The van der Waals surface area contributed by atoms with Crippen LogP contribution in [0.5, 0.6) is 0 Å². The molecule has 1 unspecified atom stereocenters. The minimum atomic E-state index is -3.35. The van der Waals surface area contributed by atoms with E-state index in [9.17, 15) is 13.5 Å². The Kier molecular flexibility index (Phi) is 6.32. The molecule has 0 saturated heterocycles. The van der Waals surface area contributed by atoms with Gasteiger partial charge in [0.1, 0.15) is 0 Å². The van der Waals surface area contributed by atoms with Gasteiger partial charge in [0, 0.05) is 12.3 Å².